The van der Waals surface area contributed by atoms with E-state index >= 15 is 0 Å². The maximum atomic E-state index is 2.40. The fraction of sp³-hybridized carbons (Fsp3) is 0.846. The number of rotatable bonds is 4. The lowest BCUT2D eigenvalue weighted by atomic mass is 9.90. The molecule has 78 valence electrons. The average Bonchev–Trinajstić information content (AvgIpc) is 1.81. The molecule has 0 bridgehead atoms. The highest BCUT2D eigenvalue weighted by Gasteiger charge is 2.08. The highest BCUT2D eigenvalue weighted by molar-refractivity contribution is 5.04. The van der Waals surface area contributed by atoms with Gasteiger partial charge in [-0.1, -0.05) is 59.1 Å². The van der Waals surface area contributed by atoms with Crippen LogP contribution < -0.4 is 0 Å². The van der Waals surface area contributed by atoms with Crippen molar-refractivity contribution in [1.29, 1.82) is 0 Å². The lowest BCUT2D eigenvalue weighted by Crippen LogP contribution is -2.02. The molecular weight excluding hydrogens is 156 g/mol. The minimum Gasteiger partial charge on any atom is -0.0802 e. The van der Waals surface area contributed by atoms with Crippen molar-refractivity contribution in [3.8, 4) is 0 Å². The van der Waals surface area contributed by atoms with Gasteiger partial charge >= 0.3 is 0 Å². The minimum atomic E-state index is 0.343. The molecule has 0 heterocycles. The van der Waals surface area contributed by atoms with Gasteiger partial charge < -0.3 is 0 Å². The summed E-state index contributed by atoms with van der Waals surface area (Å²) in [4.78, 5) is 0. The average molecular weight is 182 g/mol. The summed E-state index contributed by atoms with van der Waals surface area (Å²) in [5, 5.41) is 0. The monoisotopic (exact) mass is 182 g/mol. The first-order valence-electron chi connectivity index (χ1n) is 5.53. The second-order valence-electron chi connectivity index (χ2n) is 5.45. The van der Waals surface area contributed by atoms with Crippen LogP contribution in [0.5, 0.6) is 0 Å². The van der Waals surface area contributed by atoms with E-state index in [4.69, 9.17) is 0 Å². The van der Waals surface area contributed by atoms with Gasteiger partial charge in [0.25, 0.3) is 0 Å². The van der Waals surface area contributed by atoms with Gasteiger partial charge in [0.05, 0.1) is 0 Å². The summed E-state index contributed by atoms with van der Waals surface area (Å²) in [6.07, 6.45) is 6.34. The Morgan fingerprint density at radius 3 is 2.23 bits per heavy atom. The van der Waals surface area contributed by atoms with E-state index in [-0.39, 0.29) is 0 Å². The van der Waals surface area contributed by atoms with E-state index in [9.17, 15) is 0 Å². The molecule has 0 spiro atoms. The second-order valence-corrected chi connectivity index (χ2v) is 5.45. The molecule has 0 aliphatic carbocycles. The molecule has 0 N–H and O–H groups in total. The first-order chi connectivity index (χ1) is 5.85. The Morgan fingerprint density at radius 2 is 1.85 bits per heavy atom. The summed E-state index contributed by atoms with van der Waals surface area (Å²) in [5.41, 5.74) is 1.89. The molecule has 0 aromatic heterocycles. The molecule has 0 aliphatic heterocycles. The molecule has 13 heavy (non-hydrogen) atoms. The molecule has 1 unspecified atom stereocenters. The van der Waals surface area contributed by atoms with Gasteiger partial charge in [-0.3, -0.25) is 0 Å². The van der Waals surface area contributed by atoms with Crippen LogP contribution in [0.2, 0.25) is 0 Å². The van der Waals surface area contributed by atoms with Crippen molar-refractivity contribution in [3.05, 3.63) is 11.6 Å². The number of allylic oxidation sites excluding steroid dienone is 2. The molecule has 0 radical (unpaired) electrons. The zero-order valence-electron chi connectivity index (χ0n) is 10.3. The van der Waals surface area contributed by atoms with Crippen LogP contribution in [0.3, 0.4) is 0 Å². The van der Waals surface area contributed by atoms with Crippen LogP contribution in [-0.4, -0.2) is 0 Å². The molecular formula is C13H26. The van der Waals surface area contributed by atoms with E-state index in [1.165, 1.54) is 19.3 Å². The fourth-order valence-electron chi connectivity index (χ4n) is 1.94. The Balaban J connectivity index is 3.99. The summed E-state index contributed by atoms with van der Waals surface area (Å²) >= 11 is 0. The van der Waals surface area contributed by atoms with Crippen LogP contribution in [-0.2, 0) is 0 Å². The van der Waals surface area contributed by atoms with Crippen molar-refractivity contribution in [2.24, 2.45) is 11.3 Å². The van der Waals surface area contributed by atoms with Gasteiger partial charge in [0, 0.05) is 0 Å². The van der Waals surface area contributed by atoms with E-state index < -0.39 is 0 Å². The van der Waals surface area contributed by atoms with Gasteiger partial charge in [0.15, 0.2) is 0 Å². The van der Waals surface area contributed by atoms with Crippen LogP contribution in [0.15, 0.2) is 11.6 Å². The van der Waals surface area contributed by atoms with Crippen molar-refractivity contribution in [1.82, 2.24) is 0 Å². The fourth-order valence-corrected chi connectivity index (χ4v) is 1.94. The molecule has 0 saturated heterocycles. The standard InChI is InChI=1S/C13H26/c1-7-8-11(2)9-12(3)10-13(4,5)6/h10-11H,7-9H2,1-6H3/b12-10+. The summed E-state index contributed by atoms with van der Waals surface area (Å²) in [7, 11) is 0. The van der Waals surface area contributed by atoms with Crippen molar-refractivity contribution >= 4 is 0 Å². The van der Waals surface area contributed by atoms with E-state index in [2.05, 4.69) is 47.6 Å². The van der Waals surface area contributed by atoms with Crippen molar-refractivity contribution in [2.75, 3.05) is 0 Å². The zero-order valence-corrected chi connectivity index (χ0v) is 10.3. The first kappa shape index (κ1) is 12.7. The highest BCUT2D eigenvalue weighted by Crippen LogP contribution is 2.22. The van der Waals surface area contributed by atoms with Crippen LogP contribution >= 0.6 is 0 Å². The van der Waals surface area contributed by atoms with Gasteiger partial charge in [-0.2, -0.15) is 0 Å². The van der Waals surface area contributed by atoms with Gasteiger partial charge in [0.1, 0.15) is 0 Å². The lowest BCUT2D eigenvalue weighted by molar-refractivity contribution is 0.501. The summed E-state index contributed by atoms with van der Waals surface area (Å²) in [5.74, 6) is 0.851. The normalized spacial score (nSPS) is 16.0. The first-order valence-corrected chi connectivity index (χ1v) is 5.53. The lowest BCUT2D eigenvalue weighted by Gasteiger charge is -2.16. The molecule has 0 heteroatoms. The summed E-state index contributed by atoms with van der Waals surface area (Å²) in [6.45, 7) is 13.7. The molecule has 0 nitrogen and oxygen atoms in total. The summed E-state index contributed by atoms with van der Waals surface area (Å²) in [6, 6.07) is 0. The molecule has 0 aromatic carbocycles. The molecule has 1 atom stereocenters. The molecule has 0 saturated carbocycles. The second kappa shape index (κ2) is 5.47. The Labute approximate surface area is 84.4 Å². The molecule has 0 aromatic rings. The Kier molecular flexibility index (Phi) is 5.36. The SMILES string of the molecule is CCCC(C)C/C(C)=C/C(C)(C)C. The minimum absolute atomic E-state index is 0.343. The Bertz CT molecular complexity index is 157. The third-order valence-corrected chi connectivity index (χ3v) is 2.13. The quantitative estimate of drug-likeness (QED) is 0.548. The van der Waals surface area contributed by atoms with Gasteiger partial charge in [0.2, 0.25) is 0 Å². The topological polar surface area (TPSA) is 0 Å². The predicted molar refractivity (Wildman–Crippen MR) is 61.9 cm³/mol. The van der Waals surface area contributed by atoms with Crippen molar-refractivity contribution in [2.45, 2.75) is 60.8 Å². The third-order valence-electron chi connectivity index (χ3n) is 2.13. The number of hydrogen-bond donors (Lipinski definition) is 0. The van der Waals surface area contributed by atoms with Crippen LogP contribution in [0.4, 0.5) is 0 Å². The van der Waals surface area contributed by atoms with E-state index in [1.807, 2.05) is 0 Å². The van der Waals surface area contributed by atoms with Gasteiger partial charge in [-0.05, 0) is 24.7 Å². The zero-order chi connectivity index (χ0) is 10.5. The van der Waals surface area contributed by atoms with Gasteiger partial charge in [-0.15, -0.1) is 0 Å². The maximum Gasteiger partial charge on any atom is -0.0201 e. The number of hydrogen-bond acceptors (Lipinski definition) is 0. The smallest absolute Gasteiger partial charge is 0.0201 e. The van der Waals surface area contributed by atoms with Crippen molar-refractivity contribution < 1.29 is 0 Å². The third kappa shape index (κ3) is 8.08. The van der Waals surface area contributed by atoms with E-state index in [0.717, 1.165) is 5.92 Å². The molecule has 0 amide bonds. The van der Waals surface area contributed by atoms with E-state index in [0.29, 0.717) is 5.41 Å². The Morgan fingerprint density at radius 1 is 1.31 bits per heavy atom. The van der Waals surface area contributed by atoms with Crippen LogP contribution in [0.25, 0.3) is 0 Å². The molecule has 0 aliphatic rings. The Hall–Kier alpha value is -0.260. The maximum absolute atomic E-state index is 2.40. The highest BCUT2D eigenvalue weighted by atomic mass is 14.1. The van der Waals surface area contributed by atoms with Gasteiger partial charge in [-0.25, -0.2) is 0 Å². The molecule has 0 fully saturated rings. The summed E-state index contributed by atoms with van der Waals surface area (Å²) < 4.78 is 0. The predicted octanol–water partition coefficient (Wildman–Crippen LogP) is 4.81. The van der Waals surface area contributed by atoms with E-state index in [1.54, 1.807) is 5.57 Å². The molecule has 0 rings (SSSR count). The largest absolute Gasteiger partial charge is 0.0802 e. The van der Waals surface area contributed by atoms with Crippen molar-refractivity contribution in [3.63, 3.8) is 0 Å². The van der Waals surface area contributed by atoms with Crippen LogP contribution in [0, 0.1) is 11.3 Å². The van der Waals surface area contributed by atoms with Crippen LogP contribution in [0.1, 0.15) is 60.8 Å².